The van der Waals surface area contributed by atoms with E-state index in [9.17, 15) is 5.26 Å². The molecule has 0 spiro atoms. The standard InChI is InChI=1S/C23H23N3O3S/c1-5-15-6-8-16(9-7-15)19-14-30-23(26-19)17(12-24)13-25-18-10-20(27-2)22(29-4)21(11-18)28-3/h6-11,13-14,25H,5H2,1-4H3. The Balaban J connectivity index is 1.85. The number of anilines is 1. The van der Waals surface area contributed by atoms with Crippen molar-refractivity contribution in [2.24, 2.45) is 0 Å². The van der Waals surface area contributed by atoms with Crippen LogP contribution >= 0.6 is 11.3 Å². The average Bonchev–Trinajstić information content (AvgIpc) is 3.28. The van der Waals surface area contributed by atoms with E-state index in [0.717, 1.165) is 17.7 Å². The summed E-state index contributed by atoms with van der Waals surface area (Å²) in [6, 6.07) is 14.1. The number of nitrogens with one attached hydrogen (secondary N) is 1. The van der Waals surface area contributed by atoms with Gasteiger partial charge in [0.1, 0.15) is 16.6 Å². The van der Waals surface area contributed by atoms with Crippen LogP contribution in [-0.2, 0) is 6.42 Å². The largest absolute Gasteiger partial charge is 0.493 e. The van der Waals surface area contributed by atoms with Gasteiger partial charge in [-0.15, -0.1) is 11.3 Å². The predicted octanol–water partition coefficient (Wildman–Crippen LogP) is 5.37. The highest BCUT2D eigenvalue weighted by Gasteiger charge is 2.14. The molecule has 1 N–H and O–H groups in total. The smallest absolute Gasteiger partial charge is 0.203 e. The number of thiazole rings is 1. The summed E-state index contributed by atoms with van der Waals surface area (Å²) in [5.41, 5.74) is 4.30. The maximum absolute atomic E-state index is 9.63. The van der Waals surface area contributed by atoms with Crippen molar-refractivity contribution in [3.8, 4) is 34.6 Å². The molecule has 1 heterocycles. The summed E-state index contributed by atoms with van der Waals surface area (Å²) >= 11 is 1.43. The lowest BCUT2D eigenvalue weighted by Crippen LogP contribution is -1.98. The molecule has 0 bridgehead atoms. The van der Waals surface area contributed by atoms with Gasteiger partial charge >= 0.3 is 0 Å². The first-order chi connectivity index (χ1) is 14.6. The van der Waals surface area contributed by atoms with Crippen LogP contribution in [0.2, 0.25) is 0 Å². The molecule has 0 atom stereocenters. The maximum Gasteiger partial charge on any atom is 0.203 e. The molecule has 6 nitrogen and oxygen atoms in total. The van der Waals surface area contributed by atoms with E-state index < -0.39 is 0 Å². The number of aryl methyl sites for hydroxylation is 1. The van der Waals surface area contributed by atoms with Gasteiger partial charge in [-0.05, 0) is 12.0 Å². The Bertz CT molecular complexity index is 1060. The minimum absolute atomic E-state index is 0.435. The lowest BCUT2D eigenvalue weighted by atomic mass is 10.1. The second-order valence-corrected chi connectivity index (χ2v) is 7.17. The molecule has 1 aromatic heterocycles. The average molecular weight is 422 g/mol. The van der Waals surface area contributed by atoms with E-state index in [1.54, 1.807) is 39.7 Å². The van der Waals surface area contributed by atoms with Crippen LogP contribution in [0.3, 0.4) is 0 Å². The number of aromatic nitrogens is 1. The number of nitrogens with zero attached hydrogens (tertiary/aromatic N) is 2. The van der Waals surface area contributed by atoms with Crippen molar-refractivity contribution in [3.05, 3.63) is 58.5 Å². The van der Waals surface area contributed by atoms with Gasteiger partial charge in [0.25, 0.3) is 0 Å². The Hall–Kier alpha value is -3.50. The number of allylic oxidation sites excluding steroid dienone is 1. The van der Waals surface area contributed by atoms with Crippen LogP contribution in [0.5, 0.6) is 17.2 Å². The molecular weight excluding hydrogens is 398 g/mol. The maximum atomic E-state index is 9.63. The molecule has 30 heavy (non-hydrogen) atoms. The fourth-order valence-corrected chi connectivity index (χ4v) is 3.70. The van der Waals surface area contributed by atoms with Gasteiger partial charge in [0.05, 0.1) is 27.0 Å². The number of benzene rings is 2. The van der Waals surface area contributed by atoms with Gasteiger partial charge in [-0.1, -0.05) is 31.2 Å². The summed E-state index contributed by atoms with van der Waals surface area (Å²) in [5.74, 6) is 1.56. The third-order valence-corrected chi connectivity index (χ3v) is 5.44. The van der Waals surface area contributed by atoms with E-state index in [-0.39, 0.29) is 0 Å². The molecule has 0 fully saturated rings. The summed E-state index contributed by atoms with van der Waals surface area (Å²) in [4.78, 5) is 4.63. The van der Waals surface area contributed by atoms with E-state index in [2.05, 4.69) is 47.6 Å². The summed E-state index contributed by atoms with van der Waals surface area (Å²) in [6.07, 6.45) is 2.62. The molecule has 7 heteroatoms. The SMILES string of the molecule is CCc1ccc(-c2csc(C(C#N)=CNc3cc(OC)c(OC)c(OC)c3)n2)cc1. The molecule has 0 saturated heterocycles. The van der Waals surface area contributed by atoms with Crippen LogP contribution in [0.1, 0.15) is 17.5 Å². The van der Waals surface area contributed by atoms with Gasteiger partial charge in [-0.2, -0.15) is 5.26 Å². The number of nitriles is 1. The van der Waals surface area contributed by atoms with Crippen molar-refractivity contribution >= 4 is 22.6 Å². The quantitative estimate of drug-likeness (QED) is 0.493. The highest BCUT2D eigenvalue weighted by atomic mass is 32.1. The zero-order valence-corrected chi connectivity index (χ0v) is 18.2. The monoisotopic (exact) mass is 421 g/mol. The van der Waals surface area contributed by atoms with Gasteiger partial charge in [-0.3, -0.25) is 0 Å². The summed E-state index contributed by atoms with van der Waals surface area (Å²) < 4.78 is 16.1. The van der Waals surface area contributed by atoms with E-state index in [4.69, 9.17) is 14.2 Å². The van der Waals surface area contributed by atoms with Crippen molar-refractivity contribution in [3.63, 3.8) is 0 Å². The third-order valence-electron chi connectivity index (χ3n) is 4.56. The number of methoxy groups -OCH3 is 3. The zero-order valence-electron chi connectivity index (χ0n) is 17.4. The molecule has 0 unspecified atom stereocenters. The fraction of sp³-hybridized carbons (Fsp3) is 0.217. The van der Waals surface area contributed by atoms with Crippen LogP contribution < -0.4 is 19.5 Å². The van der Waals surface area contributed by atoms with Crippen molar-refractivity contribution in [2.45, 2.75) is 13.3 Å². The van der Waals surface area contributed by atoms with Crippen molar-refractivity contribution < 1.29 is 14.2 Å². The van der Waals surface area contributed by atoms with Gasteiger partial charge in [0.15, 0.2) is 11.5 Å². The van der Waals surface area contributed by atoms with Gasteiger partial charge in [-0.25, -0.2) is 4.98 Å². The van der Waals surface area contributed by atoms with Crippen LogP contribution in [0.15, 0.2) is 48.0 Å². The molecule has 3 rings (SSSR count). The minimum atomic E-state index is 0.435. The third kappa shape index (κ3) is 4.56. The van der Waals surface area contributed by atoms with Crippen molar-refractivity contribution in [2.75, 3.05) is 26.6 Å². The zero-order chi connectivity index (χ0) is 21.5. The number of hydrogen-bond acceptors (Lipinski definition) is 7. The minimum Gasteiger partial charge on any atom is -0.493 e. The van der Waals surface area contributed by atoms with Crippen molar-refractivity contribution in [1.82, 2.24) is 4.98 Å². The first kappa shape index (κ1) is 21.2. The molecule has 0 aliphatic rings. The normalized spacial score (nSPS) is 11.0. The molecule has 0 aliphatic carbocycles. The summed E-state index contributed by atoms with van der Waals surface area (Å²) in [5, 5.41) is 15.4. The molecule has 3 aromatic rings. The molecule has 0 saturated carbocycles. The second-order valence-electron chi connectivity index (χ2n) is 6.32. The fourth-order valence-electron chi connectivity index (χ4n) is 2.90. The van der Waals surface area contributed by atoms with Crippen molar-refractivity contribution in [1.29, 1.82) is 5.26 Å². The van der Waals surface area contributed by atoms with Gasteiger partial charge in [0, 0.05) is 35.0 Å². The topological polar surface area (TPSA) is 76.4 Å². The van der Waals surface area contributed by atoms with Crippen LogP contribution in [0.4, 0.5) is 5.69 Å². The first-order valence-electron chi connectivity index (χ1n) is 9.35. The number of ether oxygens (including phenoxy) is 3. The molecule has 0 aliphatic heterocycles. The Morgan fingerprint density at radius 1 is 1.10 bits per heavy atom. The Kier molecular flexibility index (Phi) is 6.94. The molecule has 154 valence electrons. The number of hydrogen-bond donors (Lipinski definition) is 1. The van der Waals surface area contributed by atoms with Crippen LogP contribution in [0, 0.1) is 11.3 Å². The highest BCUT2D eigenvalue weighted by molar-refractivity contribution is 7.11. The number of rotatable bonds is 8. The van der Waals surface area contributed by atoms with E-state index in [1.807, 2.05) is 5.38 Å². The lowest BCUT2D eigenvalue weighted by Gasteiger charge is -2.14. The lowest BCUT2D eigenvalue weighted by molar-refractivity contribution is 0.324. The summed E-state index contributed by atoms with van der Waals surface area (Å²) in [6.45, 7) is 2.13. The Morgan fingerprint density at radius 2 is 1.77 bits per heavy atom. The van der Waals surface area contributed by atoms with Crippen LogP contribution in [-0.4, -0.2) is 26.3 Å². The molecule has 2 aromatic carbocycles. The second kappa shape index (κ2) is 9.81. The Labute approximate surface area is 180 Å². The highest BCUT2D eigenvalue weighted by Crippen LogP contribution is 2.40. The molecule has 0 amide bonds. The van der Waals surface area contributed by atoms with E-state index in [0.29, 0.717) is 33.5 Å². The summed E-state index contributed by atoms with van der Waals surface area (Å²) in [7, 11) is 4.67. The Morgan fingerprint density at radius 3 is 2.30 bits per heavy atom. The van der Waals surface area contributed by atoms with Gasteiger partial charge < -0.3 is 19.5 Å². The predicted molar refractivity (Wildman–Crippen MR) is 120 cm³/mol. The molecular formula is C23H23N3O3S. The molecule has 0 radical (unpaired) electrons. The van der Waals surface area contributed by atoms with E-state index >= 15 is 0 Å². The first-order valence-corrected chi connectivity index (χ1v) is 10.2. The van der Waals surface area contributed by atoms with Crippen LogP contribution in [0.25, 0.3) is 16.8 Å². The van der Waals surface area contributed by atoms with Gasteiger partial charge in [0.2, 0.25) is 5.75 Å². The van der Waals surface area contributed by atoms with E-state index in [1.165, 1.54) is 16.9 Å².